The van der Waals surface area contributed by atoms with Crippen molar-refractivity contribution in [3.8, 4) is 23.3 Å². The number of carbonyl (C=O) groups is 1. The third-order valence-corrected chi connectivity index (χ3v) is 5.41. The average Bonchev–Trinajstić information content (AvgIpc) is 3.25. The summed E-state index contributed by atoms with van der Waals surface area (Å²) in [5.41, 5.74) is 2.93. The molecular formula is C24H25N5O3. The van der Waals surface area contributed by atoms with Crippen LogP contribution in [0.5, 0.6) is 11.5 Å². The highest BCUT2D eigenvalue weighted by molar-refractivity contribution is 5.94. The summed E-state index contributed by atoms with van der Waals surface area (Å²) < 4.78 is 10.6. The lowest BCUT2D eigenvalue weighted by molar-refractivity contribution is -0.127. The third kappa shape index (κ3) is 4.52. The first kappa shape index (κ1) is 21.2. The average molecular weight is 431 g/mol. The van der Waals surface area contributed by atoms with Gasteiger partial charge in [-0.15, -0.1) is 0 Å². The number of nitrogens with one attached hydrogen (secondary N) is 2. The standard InChI is InChI=1S/C24H25N5O3/c1-4-22(30)29-9-5-6-17(14-29)28-21-13-25-24-23(21)20(26-15-27-24)8-7-16-10-18(31-2)12-19(11-16)32-3/h4,10-13,15,17,28H,1,5-6,9,14H2,2-3H3,(H,25,26,27). The fourth-order valence-electron chi connectivity index (χ4n) is 3.83. The molecule has 1 aromatic carbocycles. The zero-order valence-corrected chi connectivity index (χ0v) is 18.1. The number of benzene rings is 1. The number of piperidine rings is 1. The SMILES string of the molecule is C=CC(=O)N1CCCC(Nc2c[nH]c3ncnc(C#Cc4cc(OC)cc(OC)c4)c23)C1. The summed E-state index contributed by atoms with van der Waals surface area (Å²) in [5, 5.41) is 4.36. The van der Waals surface area contributed by atoms with Gasteiger partial charge in [0.1, 0.15) is 29.2 Å². The molecule has 1 saturated heterocycles. The minimum atomic E-state index is -0.0426. The summed E-state index contributed by atoms with van der Waals surface area (Å²) in [5.74, 6) is 7.60. The van der Waals surface area contributed by atoms with Crippen molar-refractivity contribution >= 4 is 22.6 Å². The van der Waals surface area contributed by atoms with E-state index in [4.69, 9.17) is 9.47 Å². The van der Waals surface area contributed by atoms with Crippen LogP contribution in [-0.4, -0.2) is 59.1 Å². The van der Waals surface area contributed by atoms with Crippen molar-refractivity contribution in [2.45, 2.75) is 18.9 Å². The zero-order chi connectivity index (χ0) is 22.5. The number of amides is 1. The number of carbonyl (C=O) groups excluding carboxylic acids is 1. The molecule has 3 aromatic rings. The number of hydrogen-bond acceptors (Lipinski definition) is 6. The van der Waals surface area contributed by atoms with Gasteiger partial charge in [0, 0.05) is 37.0 Å². The van der Waals surface area contributed by atoms with E-state index in [0.29, 0.717) is 29.4 Å². The first-order chi connectivity index (χ1) is 15.6. The predicted octanol–water partition coefficient (Wildman–Crippen LogP) is 2.96. The van der Waals surface area contributed by atoms with E-state index in [1.807, 2.05) is 23.2 Å². The Balaban J connectivity index is 1.63. The van der Waals surface area contributed by atoms with Gasteiger partial charge in [0.15, 0.2) is 0 Å². The van der Waals surface area contributed by atoms with Gasteiger partial charge < -0.3 is 24.7 Å². The molecule has 1 amide bonds. The summed E-state index contributed by atoms with van der Waals surface area (Å²) >= 11 is 0. The largest absolute Gasteiger partial charge is 0.497 e. The number of rotatable bonds is 5. The van der Waals surface area contributed by atoms with E-state index in [0.717, 1.165) is 36.0 Å². The highest BCUT2D eigenvalue weighted by Crippen LogP contribution is 2.27. The molecule has 2 N–H and O–H groups in total. The third-order valence-electron chi connectivity index (χ3n) is 5.41. The number of aromatic amines is 1. The zero-order valence-electron chi connectivity index (χ0n) is 18.1. The van der Waals surface area contributed by atoms with Gasteiger partial charge in [0.25, 0.3) is 0 Å². The van der Waals surface area contributed by atoms with E-state index in [9.17, 15) is 4.79 Å². The van der Waals surface area contributed by atoms with E-state index in [-0.39, 0.29) is 11.9 Å². The maximum Gasteiger partial charge on any atom is 0.246 e. The van der Waals surface area contributed by atoms with Crippen molar-refractivity contribution in [3.05, 3.63) is 54.6 Å². The van der Waals surface area contributed by atoms with Crippen LogP contribution in [0.2, 0.25) is 0 Å². The van der Waals surface area contributed by atoms with Crippen LogP contribution in [0, 0.1) is 11.8 Å². The molecule has 1 aliphatic rings. The predicted molar refractivity (Wildman–Crippen MR) is 123 cm³/mol. The molecule has 1 fully saturated rings. The molecule has 0 radical (unpaired) electrons. The number of fused-ring (bicyclic) bond motifs is 1. The summed E-state index contributed by atoms with van der Waals surface area (Å²) in [6, 6.07) is 5.61. The number of hydrogen-bond donors (Lipinski definition) is 2. The summed E-state index contributed by atoms with van der Waals surface area (Å²) in [6.07, 6.45) is 6.62. The first-order valence-electron chi connectivity index (χ1n) is 10.4. The molecule has 1 atom stereocenters. The van der Waals surface area contributed by atoms with E-state index in [1.54, 1.807) is 20.3 Å². The highest BCUT2D eigenvalue weighted by atomic mass is 16.5. The van der Waals surface area contributed by atoms with Crippen LogP contribution >= 0.6 is 0 Å². The van der Waals surface area contributed by atoms with E-state index >= 15 is 0 Å². The number of likely N-dealkylation sites (tertiary alicyclic amines) is 1. The van der Waals surface area contributed by atoms with E-state index in [1.165, 1.54) is 12.4 Å². The summed E-state index contributed by atoms with van der Waals surface area (Å²) in [7, 11) is 3.21. The number of methoxy groups -OCH3 is 2. The Morgan fingerprint density at radius 3 is 2.75 bits per heavy atom. The molecule has 8 heteroatoms. The number of anilines is 1. The van der Waals surface area contributed by atoms with Crippen molar-refractivity contribution < 1.29 is 14.3 Å². The number of ether oxygens (including phenoxy) is 2. The van der Waals surface area contributed by atoms with Crippen LogP contribution in [-0.2, 0) is 4.79 Å². The van der Waals surface area contributed by atoms with Gasteiger partial charge in [-0.3, -0.25) is 4.79 Å². The molecule has 8 nitrogen and oxygen atoms in total. The second-order valence-corrected chi connectivity index (χ2v) is 7.47. The maximum absolute atomic E-state index is 12.0. The van der Waals surface area contributed by atoms with Crippen molar-refractivity contribution in [2.75, 3.05) is 32.6 Å². The smallest absolute Gasteiger partial charge is 0.246 e. The van der Waals surface area contributed by atoms with Crippen molar-refractivity contribution in [2.24, 2.45) is 0 Å². The van der Waals surface area contributed by atoms with Gasteiger partial charge in [-0.05, 0) is 37.0 Å². The minimum absolute atomic E-state index is 0.0426. The van der Waals surface area contributed by atoms with Crippen LogP contribution in [0.1, 0.15) is 24.1 Å². The molecule has 0 bridgehead atoms. The molecule has 164 valence electrons. The molecule has 0 saturated carbocycles. The van der Waals surface area contributed by atoms with Crippen molar-refractivity contribution in [3.63, 3.8) is 0 Å². The van der Waals surface area contributed by atoms with Gasteiger partial charge in [0.2, 0.25) is 5.91 Å². The highest BCUT2D eigenvalue weighted by Gasteiger charge is 2.23. The Kier molecular flexibility index (Phi) is 6.26. The topological polar surface area (TPSA) is 92.4 Å². The van der Waals surface area contributed by atoms with Crippen LogP contribution in [0.25, 0.3) is 11.0 Å². The minimum Gasteiger partial charge on any atom is -0.497 e. The molecule has 1 aliphatic heterocycles. The molecule has 4 rings (SSSR count). The molecule has 2 aromatic heterocycles. The summed E-state index contributed by atoms with van der Waals surface area (Å²) in [4.78, 5) is 25.7. The van der Waals surface area contributed by atoms with Gasteiger partial charge >= 0.3 is 0 Å². The number of nitrogens with zero attached hydrogens (tertiary/aromatic N) is 3. The quantitative estimate of drug-likeness (QED) is 0.477. The van der Waals surface area contributed by atoms with Gasteiger partial charge in [-0.2, -0.15) is 0 Å². The summed E-state index contributed by atoms with van der Waals surface area (Å²) in [6.45, 7) is 4.96. The molecular weight excluding hydrogens is 406 g/mol. The van der Waals surface area contributed by atoms with Gasteiger partial charge in [-0.25, -0.2) is 9.97 Å². The fraction of sp³-hybridized carbons (Fsp3) is 0.292. The van der Waals surface area contributed by atoms with Crippen LogP contribution in [0.15, 0.2) is 43.4 Å². The molecule has 3 heterocycles. The van der Waals surface area contributed by atoms with Crippen molar-refractivity contribution in [1.29, 1.82) is 0 Å². The lowest BCUT2D eigenvalue weighted by Crippen LogP contribution is -2.44. The molecule has 0 aliphatic carbocycles. The van der Waals surface area contributed by atoms with Crippen LogP contribution in [0.4, 0.5) is 5.69 Å². The van der Waals surface area contributed by atoms with Crippen molar-refractivity contribution in [1.82, 2.24) is 19.9 Å². The Hall–Kier alpha value is -3.99. The number of aromatic nitrogens is 3. The fourth-order valence-corrected chi connectivity index (χ4v) is 3.83. The number of H-pyrrole nitrogens is 1. The Labute approximate surface area is 186 Å². The monoisotopic (exact) mass is 431 g/mol. The Morgan fingerprint density at radius 1 is 1.25 bits per heavy atom. The van der Waals surface area contributed by atoms with E-state index < -0.39 is 0 Å². The Bertz CT molecular complexity index is 1190. The Morgan fingerprint density at radius 2 is 2.03 bits per heavy atom. The first-order valence-corrected chi connectivity index (χ1v) is 10.4. The van der Waals surface area contributed by atoms with E-state index in [2.05, 4.69) is 38.7 Å². The van der Waals surface area contributed by atoms with Crippen LogP contribution in [0.3, 0.4) is 0 Å². The normalized spacial score (nSPS) is 15.6. The molecule has 1 unspecified atom stereocenters. The lowest BCUT2D eigenvalue weighted by Gasteiger charge is -2.33. The van der Waals surface area contributed by atoms with Crippen LogP contribution < -0.4 is 14.8 Å². The molecule has 32 heavy (non-hydrogen) atoms. The van der Waals surface area contributed by atoms with Gasteiger partial charge in [-0.1, -0.05) is 12.5 Å². The maximum atomic E-state index is 12.0. The lowest BCUT2D eigenvalue weighted by atomic mass is 10.0. The van der Waals surface area contributed by atoms with Gasteiger partial charge in [0.05, 0.1) is 25.3 Å². The molecule has 0 spiro atoms. The second kappa shape index (κ2) is 9.43. The second-order valence-electron chi connectivity index (χ2n) is 7.47.